The summed E-state index contributed by atoms with van der Waals surface area (Å²) < 4.78 is 5.58. The highest BCUT2D eigenvalue weighted by Gasteiger charge is 2.11. The van der Waals surface area contributed by atoms with Gasteiger partial charge < -0.3 is 20.7 Å². The highest BCUT2D eigenvalue weighted by molar-refractivity contribution is 5.38. The van der Waals surface area contributed by atoms with Gasteiger partial charge in [-0.15, -0.1) is 0 Å². The average molecular weight is 259 g/mol. The van der Waals surface area contributed by atoms with Crippen molar-refractivity contribution in [2.45, 2.75) is 5.92 Å². The molecular weight excluding hydrogens is 242 g/mol. The maximum atomic E-state index is 9.61. The third-order valence-corrected chi connectivity index (χ3v) is 2.95. The fraction of sp³-hybridized carbons (Fsp3) is 0.200. The lowest BCUT2D eigenvalue weighted by atomic mass is 10.0. The van der Waals surface area contributed by atoms with Gasteiger partial charge in [-0.3, -0.25) is 0 Å². The van der Waals surface area contributed by atoms with Crippen LogP contribution in [0.15, 0.2) is 48.5 Å². The molecule has 100 valence electrons. The summed E-state index contributed by atoms with van der Waals surface area (Å²) in [7, 11) is 0. The molecule has 2 aromatic rings. The lowest BCUT2D eigenvalue weighted by Gasteiger charge is -2.16. The van der Waals surface area contributed by atoms with E-state index >= 15 is 0 Å². The van der Waals surface area contributed by atoms with Crippen molar-refractivity contribution >= 4 is 0 Å². The first-order valence-corrected chi connectivity index (χ1v) is 6.10. The molecule has 0 fully saturated rings. The number of phenolic OH excluding ortho intramolecular Hbond substituents is 2. The zero-order chi connectivity index (χ0) is 13.7. The molecule has 1 atom stereocenters. The van der Waals surface area contributed by atoms with Gasteiger partial charge in [0.1, 0.15) is 5.75 Å². The van der Waals surface area contributed by atoms with E-state index in [9.17, 15) is 10.2 Å². The Labute approximate surface area is 112 Å². The van der Waals surface area contributed by atoms with E-state index in [2.05, 4.69) is 0 Å². The van der Waals surface area contributed by atoms with Crippen molar-refractivity contribution in [1.29, 1.82) is 0 Å². The van der Waals surface area contributed by atoms with E-state index in [0.717, 1.165) is 5.56 Å². The summed E-state index contributed by atoms with van der Waals surface area (Å²) in [4.78, 5) is 0. The van der Waals surface area contributed by atoms with Crippen LogP contribution in [-0.2, 0) is 0 Å². The number of aromatic hydroxyl groups is 2. The van der Waals surface area contributed by atoms with Crippen molar-refractivity contribution < 1.29 is 14.9 Å². The van der Waals surface area contributed by atoms with Gasteiger partial charge in [0, 0.05) is 12.5 Å². The number of benzene rings is 2. The number of nitrogens with two attached hydrogens (primary N) is 1. The van der Waals surface area contributed by atoms with E-state index in [0.29, 0.717) is 18.9 Å². The fourth-order valence-corrected chi connectivity index (χ4v) is 1.82. The summed E-state index contributed by atoms with van der Waals surface area (Å²) in [6.45, 7) is 0.803. The van der Waals surface area contributed by atoms with Gasteiger partial charge in [-0.25, -0.2) is 0 Å². The molecule has 4 N–H and O–H groups in total. The molecule has 0 saturated heterocycles. The highest BCUT2D eigenvalue weighted by Crippen LogP contribution is 2.26. The van der Waals surface area contributed by atoms with E-state index in [1.807, 2.05) is 12.1 Å². The summed E-state index contributed by atoms with van der Waals surface area (Å²) in [6.07, 6.45) is 0. The van der Waals surface area contributed by atoms with Crippen LogP contribution >= 0.6 is 0 Å². The molecule has 1 unspecified atom stereocenters. The third kappa shape index (κ3) is 3.39. The molecule has 0 radical (unpaired) electrons. The topological polar surface area (TPSA) is 75.7 Å². The molecule has 4 nitrogen and oxygen atoms in total. The molecule has 0 amide bonds. The standard InChI is InChI=1S/C15H17NO3/c16-9-12(11-5-7-13(17)8-6-11)10-19-15-4-2-1-3-14(15)18/h1-8,12,17-18H,9-10,16H2. The average Bonchev–Trinajstić information content (AvgIpc) is 2.43. The Kier molecular flexibility index (Phi) is 4.26. The van der Waals surface area contributed by atoms with Gasteiger partial charge in [-0.2, -0.15) is 0 Å². The molecule has 4 heteroatoms. The second-order valence-electron chi connectivity index (χ2n) is 4.30. The zero-order valence-corrected chi connectivity index (χ0v) is 10.5. The van der Waals surface area contributed by atoms with Gasteiger partial charge >= 0.3 is 0 Å². The lowest BCUT2D eigenvalue weighted by Crippen LogP contribution is -2.19. The molecule has 0 bridgehead atoms. The zero-order valence-electron chi connectivity index (χ0n) is 10.5. The Morgan fingerprint density at radius 3 is 2.32 bits per heavy atom. The second-order valence-corrected chi connectivity index (χ2v) is 4.30. The van der Waals surface area contributed by atoms with Crippen molar-refractivity contribution in [3.8, 4) is 17.2 Å². The highest BCUT2D eigenvalue weighted by atomic mass is 16.5. The Balaban J connectivity index is 2.04. The Bertz CT molecular complexity index is 525. The molecule has 19 heavy (non-hydrogen) atoms. The molecule has 0 heterocycles. The van der Waals surface area contributed by atoms with Crippen LogP contribution in [0.4, 0.5) is 0 Å². The van der Waals surface area contributed by atoms with Crippen molar-refractivity contribution in [2.24, 2.45) is 5.73 Å². The van der Waals surface area contributed by atoms with Crippen LogP contribution in [0.2, 0.25) is 0 Å². The van der Waals surface area contributed by atoms with E-state index in [4.69, 9.17) is 10.5 Å². The van der Waals surface area contributed by atoms with Gasteiger partial charge in [0.05, 0.1) is 6.61 Å². The van der Waals surface area contributed by atoms with Gasteiger partial charge in [0.15, 0.2) is 11.5 Å². The summed E-state index contributed by atoms with van der Waals surface area (Å²) in [5.41, 5.74) is 6.74. The first-order valence-electron chi connectivity index (χ1n) is 6.10. The largest absolute Gasteiger partial charge is 0.508 e. The minimum atomic E-state index is 0.0141. The van der Waals surface area contributed by atoms with Crippen LogP contribution in [0.25, 0.3) is 0 Å². The number of rotatable bonds is 5. The maximum Gasteiger partial charge on any atom is 0.160 e. The van der Waals surface area contributed by atoms with Crippen molar-refractivity contribution in [2.75, 3.05) is 13.2 Å². The molecular formula is C15H17NO3. The summed E-state index contributed by atoms with van der Waals surface area (Å²) in [6, 6.07) is 13.7. The second kappa shape index (κ2) is 6.11. The predicted molar refractivity (Wildman–Crippen MR) is 73.5 cm³/mol. The van der Waals surface area contributed by atoms with Crippen LogP contribution in [0.1, 0.15) is 11.5 Å². The fourth-order valence-electron chi connectivity index (χ4n) is 1.82. The maximum absolute atomic E-state index is 9.61. The van der Waals surface area contributed by atoms with E-state index < -0.39 is 0 Å². The van der Waals surface area contributed by atoms with E-state index in [1.54, 1.807) is 36.4 Å². The summed E-state index contributed by atoms with van der Waals surface area (Å²) in [5.74, 6) is 0.796. The van der Waals surface area contributed by atoms with Gasteiger partial charge in [-0.1, -0.05) is 24.3 Å². The number of para-hydroxylation sites is 2. The van der Waals surface area contributed by atoms with Crippen LogP contribution in [0.5, 0.6) is 17.2 Å². The van der Waals surface area contributed by atoms with Crippen LogP contribution in [0, 0.1) is 0 Å². The molecule has 0 aliphatic rings. The molecule has 2 rings (SSSR count). The quantitative estimate of drug-likeness (QED) is 0.769. The molecule has 2 aromatic carbocycles. The number of hydrogen-bond acceptors (Lipinski definition) is 4. The predicted octanol–water partition coefficient (Wildman–Crippen LogP) is 2.22. The van der Waals surface area contributed by atoms with Crippen LogP contribution in [0.3, 0.4) is 0 Å². The molecule has 0 aliphatic heterocycles. The Morgan fingerprint density at radius 1 is 1.00 bits per heavy atom. The number of hydrogen-bond donors (Lipinski definition) is 3. The van der Waals surface area contributed by atoms with Gasteiger partial charge in [0.2, 0.25) is 0 Å². The van der Waals surface area contributed by atoms with E-state index in [-0.39, 0.29) is 17.4 Å². The monoisotopic (exact) mass is 259 g/mol. The SMILES string of the molecule is NCC(COc1ccccc1O)c1ccc(O)cc1. The number of phenols is 2. The Hall–Kier alpha value is -2.20. The molecule has 0 aromatic heterocycles. The lowest BCUT2D eigenvalue weighted by molar-refractivity contribution is 0.276. The third-order valence-electron chi connectivity index (χ3n) is 2.95. The smallest absolute Gasteiger partial charge is 0.160 e. The minimum absolute atomic E-state index is 0.0141. The molecule has 0 spiro atoms. The first kappa shape index (κ1) is 13.2. The normalized spacial score (nSPS) is 12.1. The van der Waals surface area contributed by atoms with E-state index in [1.165, 1.54) is 0 Å². The first-order chi connectivity index (χ1) is 9.20. The summed E-state index contributed by atoms with van der Waals surface area (Å²) >= 11 is 0. The van der Waals surface area contributed by atoms with Crippen molar-refractivity contribution in [1.82, 2.24) is 0 Å². The van der Waals surface area contributed by atoms with Crippen molar-refractivity contribution in [3.63, 3.8) is 0 Å². The minimum Gasteiger partial charge on any atom is -0.508 e. The number of ether oxygens (including phenoxy) is 1. The molecule has 0 aliphatic carbocycles. The summed E-state index contributed by atoms with van der Waals surface area (Å²) in [5, 5.41) is 18.9. The van der Waals surface area contributed by atoms with Gasteiger partial charge in [-0.05, 0) is 29.8 Å². The Morgan fingerprint density at radius 2 is 1.68 bits per heavy atom. The van der Waals surface area contributed by atoms with Crippen molar-refractivity contribution in [3.05, 3.63) is 54.1 Å². The van der Waals surface area contributed by atoms with Crippen LogP contribution in [-0.4, -0.2) is 23.4 Å². The van der Waals surface area contributed by atoms with Crippen LogP contribution < -0.4 is 10.5 Å². The van der Waals surface area contributed by atoms with Gasteiger partial charge in [0.25, 0.3) is 0 Å². The molecule has 0 saturated carbocycles.